The van der Waals surface area contributed by atoms with Gasteiger partial charge in [-0.15, -0.1) is 0 Å². The Morgan fingerprint density at radius 2 is 2.05 bits per heavy atom. The van der Waals surface area contributed by atoms with Gasteiger partial charge in [0.05, 0.1) is 0 Å². The molecule has 0 saturated heterocycles. The van der Waals surface area contributed by atoms with Gasteiger partial charge in [-0.1, -0.05) is 19.1 Å². The van der Waals surface area contributed by atoms with Crippen LogP contribution in [0.25, 0.3) is 6.08 Å². The Bertz CT molecular complexity index is 448. The summed E-state index contributed by atoms with van der Waals surface area (Å²) in [5.74, 6) is 0.498. The van der Waals surface area contributed by atoms with Gasteiger partial charge in [-0.3, -0.25) is 4.79 Å². The minimum atomic E-state index is -0.259. The molecule has 1 amide bonds. The van der Waals surface area contributed by atoms with Gasteiger partial charge in [0.1, 0.15) is 5.82 Å². The fourth-order valence-electron chi connectivity index (χ4n) is 2.02. The van der Waals surface area contributed by atoms with Crippen LogP contribution < -0.4 is 0 Å². The number of amides is 1. The summed E-state index contributed by atoms with van der Waals surface area (Å²) < 4.78 is 12.8. The third kappa shape index (κ3) is 4.51. The van der Waals surface area contributed by atoms with Gasteiger partial charge in [0.25, 0.3) is 0 Å². The van der Waals surface area contributed by atoms with Crippen molar-refractivity contribution in [2.75, 3.05) is 13.1 Å². The SMILES string of the molecule is CCCN(CC1CC1)C(=O)/C=C/c1ccc(F)cc1. The second-order valence-corrected chi connectivity index (χ2v) is 5.11. The topological polar surface area (TPSA) is 20.3 Å². The molecule has 3 heteroatoms. The van der Waals surface area contributed by atoms with Crippen molar-refractivity contribution in [1.29, 1.82) is 0 Å². The van der Waals surface area contributed by atoms with E-state index in [4.69, 9.17) is 0 Å². The summed E-state index contributed by atoms with van der Waals surface area (Å²) in [4.78, 5) is 14.0. The van der Waals surface area contributed by atoms with Crippen LogP contribution in [0.1, 0.15) is 31.7 Å². The van der Waals surface area contributed by atoms with Crippen LogP contribution in [0.5, 0.6) is 0 Å². The Morgan fingerprint density at radius 3 is 2.63 bits per heavy atom. The largest absolute Gasteiger partial charge is 0.339 e. The van der Waals surface area contributed by atoms with Gasteiger partial charge in [0.2, 0.25) is 5.91 Å². The number of halogens is 1. The number of carbonyl (C=O) groups is 1. The molecule has 2 nitrogen and oxygen atoms in total. The van der Waals surface area contributed by atoms with Gasteiger partial charge in [-0.2, -0.15) is 0 Å². The van der Waals surface area contributed by atoms with E-state index in [1.807, 2.05) is 4.90 Å². The van der Waals surface area contributed by atoms with E-state index in [9.17, 15) is 9.18 Å². The monoisotopic (exact) mass is 261 g/mol. The molecular weight excluding hydrogens is 241 g/mol. The zero-order chi connectivity index (χ0) is 13.7. The molecule has 1 saturated carbocycles. The van der Waals surface area contributed by atoms with E-state index in [-0.39, 0.29) is 11.7 Å². The lowest BCUT2D eigenvalue weighted by Crippen LogP contribution is -2.32. The maximum absolute atomic E-state index is 12.8. The van der Waals surface area contributed by atoms with E-state index in [1.54, 1.807) is 24.3 Å². The van der Waals surface area contributed by atoms with Gasteiger partial charge in [0.15, 0.2) is 0 Å². The Kier molecular flexibility index (Phi) is 4.72. The lowest BCUT2D eigenvalue weighted by Gasteiger charge is -2.20. The molecule has 19 heavy (non-hydrogen) atoms. The first-order valence-electron chi connectivity index (χ1n) is 6.91. The smallest absolute Gasteiger partial charge is 0.246 e. The molecule has 1 aromatic carbocycles. The summed E-state index contributed by atoms with van der Waals surface area (Å²) in [6.07, 6.45) is 6.80. The average molecular weight is 261 g/mol. The molecule has 1 aliphatic carbocycles. The van der Waals surface area contributed by atoms with Crippen molar-refractivity contribution in [3.63, 3.8) is 0 Å². The van der Waals surface area contributed by atoms with Crippen LogP contribution in [0.15, 0.2) is 30.3 Å². The number of carbonyl (C=O) groups excluding carboxylic acids is 1. The van der Waals surface area contributed by atoms with Gasteiger partial charge in [0, 0.05) is 19.2 Å². The van der Waals surface area contributed by atoms with Crippen LogP contribution in [0.2, 0.25) is 0 Å². The molecule has 1 aliphatic rings. The van der Waals surface area contributed by atoms with Crippen LogP contribution in [-0.4, -0.2) is 23.9 Å². The van der Waals surface area contributed by atoms with E-state index < -0.39 is 0 Å². The second kappa shape index (κ2) is 6.50. The molecule has 0 aromatic heterocycles. The molecular formula is C16H20FNO. The van der Waals surface area contributed by atoms with Crippen LogP contribution in [-0.2, 0) is 4.79 Å². The van der Waals surface area contributed by atoms with Crippen molar-refractivity contribution >= 4 is 12.0 Å². The van der Waals surface area contributed by atoms with Gasteiger partial charge >= 0.3 is 0 Å². The molecule has 1 aromatic rings. The standard InChI is InChI=1S/C16H20FNO/c1-2-11-18(12-14-3-4-14)16(19)10-7-13-5-8-15(17)9-6-13/h5-10,14H,2-4,11-12H2,1H3/b10-7+. The van der Waals surface area contributed by atoms with Crippen LogP contribution in [0.4, 0.5) is 4.39 Å². The lowest BCUT2D eigenvalue weighted by atomic mass is 10.2. The van der Waals surface area contributed by atoms with Crippen LogP contribution in [0, 0.1) is 11.7 Å². The maximum Gasteiger partial charge on any atom is 0.246 e. The van der Waals surface area contributed by atoms with E-state index in [0.29, 0.717) is 5.92 Å². The highest BCUT2D eigenvalue weighted by atomic mass is 19.1. The molecule has 0 spiro atoms. The number of rotatable bonds is 6. The first kappa shape index (κ1) is 13.8. The predicted octanol–water partition coefficient (Wildman–Crippen LogP) is 3.49. The van der Waals surface area contributed by atoms with Crippen molar-refractivity contribution in [3.8, 4) is 0 Å². The van der Waals surface area contributed by atoms with Crippen molar-refractivity contribution in [1.82, 2.24) is 4.90 Å². The highest BCUT2D eigenvalue weighted by Crippen LogP contribution is 2.29. The van der Waals surface area contributed by atoms with Crippen LogP contribution >= 0.6 is 0 Å². The number of hydrogen-bond acceptors (Lipinski definition) is 1. The third-order valence-corrected chi connectivity index (χ3v) is 3.27. The quantitative estimate of drug-likeness (QED) is 0.718. The number of hydrogen-bond donors (Lipinski definition) is 0. The van der Waals surface area contributed by atoms with E-state index in [0.717, 1.165) is 25.1 Å². The molecule has 2 rings (SSSR count). The Balaban J connectivity index is 1.94. The number of benzene rings is 1. The summed E-state index contributed by atoms with van der Waals surface area (Å²) in [5.41, 5.74) is 0.845. The number of nitrogens with zero attached hydrogens (tertiary/aromatic N) is 1. The normalized spacial score (nSPS) is 14.8. The van der Waals surface area contributed by atoms with Crippen molar-refractivity contribution < 1.29 is 9.18 Å². The molecule has 102 valence electrons. The molecule has 0 unspecified atom stereocenters. The summed E-state index contributed by atoms with van der Waals surface area (Å²) in [7, 11) is 0. The van der Waals surface area contributed by atoms with Crippen molar-refractivity contribution in [2.45, 2.75) is 26.2 Å². The zero-order valence-corrected chi connectivity index (χ0v) is 11.3. The first-order chi connectivity index (χ1) is 9.19. The first-order valence-corrected chi connectivity index (χ1v) is 6.91. The second-order valence-electron chi connectivity index (χ2n) is 5.11. The van der Waals surface area contributed by atoms with Crippen molar-refractivity contribution in [2.24, 2.45) is 5.92 Å². The fourth-order valence-corrected chi connectivity index (χ4v) is 2.02. The molecule has 0 aliphatic heterocycles. The van der Waals surface area contributed by atoms with E-state index >= 15 is 0 Å². The zero-order valence-electron chi connectivity index (χ0n) is 11.3. The van der Waals surface area contributed by atoms with Gasteiger partial charge < -0.3 is 4.90 Å². The highest BCUT2D eigenvalue weighted by Gasteiger charge is 2.25. The Hall–Kier alpha value is -1.64. The molecule has 0 heterocycles. The lowest BCUT2D eigenvalue weighted by molar-refractivity contribution is -0.126. The summed E-state index contributed by atoms with van der Waals surface area (Å²) in [5, 5.41) is 0. The third-order valence-electron chi connectivity index (χ3n) is 3.27. The summed E-state index contributed by atoms with van der Waals surface area (Å²) in [6.45, 7) is 3.76. The Morgan fingerprint density at radius 1 is 1.37 bits per heavy atom. The van der Waals surface area contributed by atoms with Crippen molar-refractivity contribution in [3.05, 3.63) is 41.7 Å². The highest BCUT2D eigenvalue weighted by molar-refractivity contribution is 5.91. The summed E-state index contributed by atoms with van der Waals surface area (Å²) >= 11 is 0. The molecule has 0 radical (unpaired) electrons. The molecule has 1 fully saturated rings. The van der Waals surface area contributed by atoms with Gasteiger partial charge in [-0.25, -0.2) is 4.39 Å². The molecule has 0 N–H and O–H groups in total. The maximum atomic E-state index is 12.8. The van der Waals surface area contributed by atoms with E-state index in [2.05, 4.69) is 6.92 Å². The predicted molar refractivity (Wildman–Crippen MR) is 75.0 cm³/mol. The molecule has 0 bridgehead atoms. The molecule has 0 atom stereocenters. The van der Waals surface area contributed by atoms with Gasteiger partial charge in [-0.05, 0) is 49.0 Å². The summed E-state index contributed by atoms with van der Waals surface area (Å²) in [6, 6.07) is 6.14. The minimum absolute atomic E-state index is 0.0538. The average Bonchev–Trinajstić information content (AvgIpc) is 3.21. The fraction of sp³-hybridized carbons (Fsp3) is 0.438. The van der Waals surface area contributed by atoms with E-state index in [1.165, 1.54) is 25.0 Å². The minimum Gasteiger partial charge on any atom is -0.339 e. The van der Waals surface area contributed by atoms with Crippen LogP contribution in [0.3, 0.4) is 0 Å². The Labute approximate surface area is 113 Å².